The molecule has 2 fully saturated rings. The second kappa shape index (κ2) is 10.5. The molecule has 8 nitrogen and oxygen atoms in total. The lowest BCUT2D eigenvalue weighted by Crippen LogP contribution is -2.52. The van der Waals surface area contributed by atoms with Crippen molar-refractivity contribution in [1.82, 2.24) is 15.1 Å². The van der Waals surface area contributed by atoms with Crippen LogP contribution in [-0.2, 0) is 21.2 Å². The predicted octanol–water partition coefficient (Wildman–Crippen LogP) is 1.36. The Morgan fingerprint density at radius 1 is 0.939 bits per heavy atom. The fourth-order valence-corrected chi connectivity index (χ4v) is 6.17. The van der Waals surface area contributed by atoms with Crippen LogP contribution in [0.3, 0.4) is 0 Å². The molecule has 176 valence electrons. The van der Waals surface area contributed by atoms with Gasteiger partial charge in [-0.3, -0.25) is 19.4 Å². The third kappa shape index (κ3) is 6.40. The number of hydrogen-bond donors (Lipinski definition) is 2. The van der Waals surface area contributed by atoms with E-state index < -0.39 is 9.84 Å². The van der Waals surface area contributed by atoms with Gasteiger partial charge in [0.05, 0.1) is 29.3 Å². The first-order valence-electron chi connectivity index (χ1n) is 11.3. The molecule has 2 N–H and O–H groups in total. The number of piperazine rings is 1. The van der Waals surface area contributed by atoms with Crippen LogP contribution in [0.5, 0.6) is 0 Å². The van der Waals surface area contributed by atoms with Gasteiger partial charge in [-0.25, -0.2) is 8.42 Å². The van der Waals surface area contributed by atoms with E-state index in [1.54, 1.807) is 24.3 Å². The number of amides is 2. The molecule has 0 radical (unpaired) electrons. The zero-order chi connectivity index (χ0) is 23.3. The van der Waals surface area contributed by atoms with Gasteiger partial charge in [-0.1, -0.05) is 42.5 Å². The summed E-state index contributed by atoms with van der Waals surface area (Å²) in [5, 5.41) is 5.78. The molecule has 0 aromatic heterocycles. The molecule has 2 heterocycles. The summed E-state index contributed by atoms with van der Waals surface area (Å²) in [6.07, 6.45) is 0.700. The molecular formula is C24H30N4O4S. The Bertz CT molecular complexity index is 1080. The molecule has 0 bridgehead atoms. The second-order valence-electron chi connectivity index (χ2n) is 8.63. The summed E-state index contributed by atoms with van der Waals surface area (Å²) >= 11 is 0. The lowest BCUT2D eigenvalue weighted by molar-refractivity contribution is -0.117. The highest BCUT2D eigenvalue weighted by Crippen LogP contribution is 2.19. The molecule has 2 aromatic carbocycles. The van der Waals surface area contributed by atoms with Crippen molar-refractivity contribution in [3.05, 3.63) is 65.7 Å². The van der Waals surface area contributed by atoms with Crippen LogP contribution in [0, 0.1) is 0 Å². The van der Waals surface area contributed by atoms with Gasteiger partial charge in [-0.05, 0) is 24.1 Å². The molecule has 2 saturated heterocycles. The molecule has 9 heteroatoms. The Labute approximate surface area is 194 Å². The van der Waals surface area contributed by atoms with Gasteiger partial charge in [0.25, 0.3) is 5.91 Å². The lowest BCUT2D eigenvalue weighted by Gasteiger charge is -2.37. The van der Waals surface area contributed by atoms with E-state index in [1.165, 1.54) is 0 Å². The molecule has 0 saturated carbocycles. The first-order valence-corrected chi connectivity index (χ1v) is 13.1. The molecule has 2 aromatic rings. The maximum atomic E-state index is 12.7. The number of nitrogens with zero attached hydrogens (tertiary/aromatic N) is 2. The van der Waals surface area contributed by atoms with Crippen LogP contribution in [-0.4, -0.2) is 80.3 Å². The second-order valence-corrected chi connectivity index (χ2v) is 10.9. The van der Waals surface area contributed by atoms with Crippen LogP contribution in [0.15, 0.2) is 54.6 Å². The largest absolute Gasteiger partial charge is 0.348 e. The molecule has 2 amide bonds. The molecule has 2 aliphatic rings. The van der Waals surface area contributed by atoms with Gasteiger partial charge < -0.3 is 10.6 Å². The number of nitrogens with one attached hydrogen (secondary N) is 2. The van der Waals surface area contributed by atoms with Gasteiger partial charge in [-0.15, -0.1) is 0 Å². The van der Waals surface area contributed by atoms with E-state index in [0.717, 1.165) is 18.7 Å². The number of carbonyl (C=O) groups excluding carboxylic acids is 2. The van der Waals surface area contributed by atoms with E-state index in [9.17, 15) is 18.0 Å². The average Bonchev–Trinajstić information content (AvgIpc) is 3.18. The van der Waals surface area contributed by atoms with Gasteiger partial charge in [0, 0.05) is 38.8 Å². The molecule has 1 unspecified atom stereocenters. The maximum Gasteiger partial charge on any atom is 0.253 e. The summed E-state index contributed by atoms with van der Waals surface area (Å²) in [5.74, 6) is 0.111. The van der Waals surface area contributed by atoms with Gasteiger partial charge in [-0.2, -0.15) is 0 Å². The molecule has 4 rings (SSSR count). The zero-order valence-corrected chi connectivity index (χ0v) is 19.4. The van der Waals surface area contributed by atoms with Crippen molar-refractivity contribution in [2.75, 3.05) is 49.5 Å². The van der Waals surface area contributed by atoms with E-state index in [0.29, 0.717) is 37.3 Å². The van der Waals surface area contributed by atoms with Crippen LogP contribution in [0.25, 0.3) is 0 Å². The van der Waals surface area contributed by atoms with Crippen LogP contribution >= 0.6 is 0 Å². The summed E-state index contributed by atoms with van der Waals surface area (Å²) < 4.78 is 23.5. The molecule has 33 heavy (non-hydrogen) atoms. The van der Waals surface area contributed by atoms with Crippen LogP contribution in [0.1, 0.15) is 22.3 Å². The smallest absolute Gasteiger partial charge is 0.253 e. The Morgan fingerprint density at radius 2 is 1.64 bits per heavy atom. The first-order chi connectivity index (χ1) is 15.9. The first kappa shape index (κ1) is 23.4. The standard InChI is InChI=1S/C24H30N4O4S/c29-23(17-27-11-13-28(14-12-27)20-10-15-33(31,32)18-20)26-22-9-5-4-8-21(22)24(30)25-16-19-6-2-1-3-7-19/h1-9,20H,10-18H2,(H,25,30)(H,26,29). The van der Waals surface area contributed by atoms with E-state index in [1.807, 2.05) is 30.3 Å². The van der Waals surface area contributed by atoms with Gasteiger partial charge >= 0.3 is 0 Å². The summed E-state index contributed by atoms with van der Waals surface area (Å²) in [6.45, 7) is 3.58. The van der Waals surface area contributed by atoms with Crippen molar-refractivity contribution in [2.24, 2.45) is 0 Å². The number of para-hydroxylation sites is 1. The number of sulfone groups is 1. The van der Waals surface area contributed by atoms with Gasteiger partial charge in [0.1, 0.15) is 0 Å². The monoisotopic (exact) mass is 470 g/mol. The van der Waals surface area contributed by atoms with Crippen molar-refractivity contribution in [2.45, 2.75) is 19.0 Å². The predicted molar refractivity (Wildman–Crippen MR) is 128 cm³/mol. The summed E-state index contributed by atoms with van der Waals surface area (Å²) in [7, 11) is -2.90. The van der Waals surface area contributed by atoms with Crippen molar-refractivity contribution in [1.29, 1.82) is 0 Å². The Hall–Kier alpha value is -2.75. The van der Waals surface area contributed by atoms with Crippen LogP contribution in [0.2, 0.25) is 0 Å². The topological polar surface area (TPSA) is 98.8 Å². The Balaban J connectivity index is 1.27. The highest BCUT2D eigenvalue weighted by Gasteiger charge is 2.33. The highest BCUT2D eigenvalue weighted by atomic mass is 32.2. The van der Waals surface area contributed by atoms with Gasteiger partial charge in [0.2, 0.25) is 5.91 Å². The van der Waals surface area contributed by atoms with E-state index >= 15 is 0 Å². The minimum absolute atomic E-state index is 0.104. The maximum absolute atomic E-state index is 12.7. The number of carbonyl (C=O) groups is 2. The molecule has 1 atom stereocenters. The van der Waals surface area contributed by atoms with Crippen LogP contribution < -0.4 is 10.6 Å². The van der Waals surface area contributed by atoms with Crippen molar-refractivity contribution in [3.8, 4) is 0 Å². The SMILES string of the molecule is O=C(CN1CCN(C2CCS(=O)(=O)C2)CC1)Nc1ccccc1C(=O)NCc1ccccc1. The average molecular weight is 471 g/mol. The van der Waals surface area contributed by atoms with Crippen molar-refractivity contribution in [3.63, 3.8) is 0 Å². The van der Waals surface area contributed by atoms with E-state index in [-0.39, 0.29) is 35.9 Å². The molecule has 0 aliphatic carbocycles. The third-order valence-electron chi connectivity index (χ3n) is 6.24. The minimum atomic E-state index is -2.90. The molecule has 0 spiro atoms. The summed E-state index contributed by atoms with van der Waals surface area (Å²) in [6, 6.07) is 16.8. The van der Waals surface area contributed by atoms with E-state index in [4.69, 9.17) is 0 Å². The third-order valence-corrected chi connectivity index (χ3v) is 7.99. The van der Waals surface area contributed by atoms with Gasteiger partial charge in [0.15, 0.2) is 9.84 Å². The summed E-state index contributed by atoms with van der Waals surface area (Å²) in [5.41, 5.74) is 1.92. The number of hydrogen-bond acceptors (Lipinski definition) is 6. The fraction of sp³-hybridized carbons (Fsp3) is 0.417. The highest BCUT2D eigenvalue weighted by molar-refractivity contribution is 7.91. The molecule has 2 aliphatic heterocycles. The normalized spacial score (nSPS) is 20.9. The molecular weight excluding hydrogens is 440 g/mol. The van der Waals surface area contributed by atoms with Crippen LogP contribution in [0.4, 0.5) is 5.69 Å². The Morgan fingerprint density at radius 3 is 2.33 bits per heavy atom. The van der Waals surface area contributed by atoms with E-state index in [2.05, 4.69) is 20.4 Å². The zero-order valence-electron chi connectivity index (χ0n) is 18.6. The number of rotatable bonds is 7. The summed E-state index contributed by atoms with van der Waals surface area (Å²) in [4.78, 5) is 29.7. The number of benzene rings is 2. The number of anilines is 1. The van der Waals surface area contributed by atoms with Crippen molar-refractivity contribution < 1.29 is 18.0 Å². The quantitative estimate of drug-likeness (QED) is 0.634. The lowest BCUT2D eigenvalue weighted by atomic mass is 10.1. The Kier molecular flexibility index (Phi) is 7.42. The fourth-order valence-electron chi connectivity index (χ4n) is 4.41. The minimum Gasteiger partial charge on any atom is -0.348 e. The van der Waals surface area contributed by atoms with Crippen molar-refractivity contribution >= 4 is 27.3 Å².